The van der Waals surface area contributed by atoms with Crippen LogP contribution in [0.2, 0.25) is 0 Å². The maximum atomic E-state index is 13.3. The van der Waals surface area contributed by atoms with Crippen LogP contribution < -0.4 is 15.4 Å². The Balaban J connectivity index is 1.44. The quantitative estimate of drug-likeness (QED) is 0.386. The number of furan rings is 1. The van der Waals surface area contributed by atoms with Gasteiger partial charge in [0, 0.05) is 18.7 Å². The van der Waals surface area contributed by atoms with Gasteiger partial charge in [0.2, 0.25) is 5.91 Å². The Kier molecular flexibility index (Phi) is 8.59. The zero-order chi connectivity index (χ0) is 26.4. The van der Waals surface area contributed by atoms with E-state index in [2.05, 4.69) is 10.6 Å². The Bertz CT molecular complexity index is 1210. The van der Waals surface area contributed by atoms with Crippen LogP contribution in [0.3, 0.4) is 0 Å². The highest BCUT2D eigenvalue weighted by Crippen LogP contribution is 2.27. The number of sulfonamides is 1. The van der Waals surface area contributed by atoms with E-state index in [9.17, 15) is 28.0 Å². The van der Waals surface area contributed by atoms with Crippen molar-refractivity contribution in [1.29, 1.82) is 0 Å². The van der Waals surface area contributed by atoms with Crippen molar-refractivity contribution in [1.82, 2.24) is 14.9 Å². The second-order valence-corrected chi connectivity index (χ2v) is 11.5. The summed E-state index contributed by atoms with van der Waals surface area (Å²) < 4.78 is 32.4. The molecule has 12 heteroatoms. The number of aromatic nitrogens is 1. The lowest BCUT2D eigenvalue weighted by Crippen LogP contribution is -2.53. The molecule has 1 aliphatic carbocycles. The van der Waals surface area contributed by atoms with Gasteiger partial charge in [-0.2, -0.15) is 9.04 Å². The lowest BCUT2D eigenvalue weighted by Gasteiger charge is -2.27. The van der Waals surface area contributed by atoms with Gasteiger partial charge in [-0.3, -0.25) is 14.4 Å². The predicted octanol–water partition coefficient (Wildman–Crippen LogP) is 1.52. The van der Waals surface area contributed by atoms with Crippen molar-refractivity contribution in [3.63, 3.8) is 0 Å². The topological polar surface area (TPSA) is 153 Å². The molecule has 1 saturated heterocycles. The van der Waals surface area contributed by atoms with Gasteiger partial charge in [0.15, 0.2) is 17.7 Å². The van der Waals surface area contributed by atoms with Crippen molar-refractivity contribution >= 4 is 27.6 Å². The lowest BCUT2D eigenvalue weighted by molar-refractivity contribution is -0.646. The molecule has 11 nitrogen and oxygen atoms in total. The molecule has 0 bridgehead atoms. The summed E-state index contributed by atoms with van der Waals surface area (Å²) in [5.41, 5.74) is 0. The molecule has 3 heterocycles. The van der Waals surface area contributed by atoms with Gasteiger partial charge in [-0.15, -0.1) is 0 Å². The Morgan fingerprint density at radius 2 is 1.89 bits per heavy atom. The molecule has 37 heavy (non-hydrogen) atoms. The molecule has 4 rings (SSSR count). The van der Waals surface area contributed by atoms with E-state index in [1.807, 2.05) is 0 Å². The Morgan fingerprint density at radius 3 is 2.59 bits per heavy atom. The van der Waals surface area contributed by atoms with E-state index in [1.54, 1.807) is 6.07 Å². The van der Waals surface area contributed by atoms with Crippen LogP contribution in [0.5, 0.6) is 0 Å². The molecule has 2 N–H and O–H groups in total. The third-order valence-corrected chi connectivity index (χ3v) is 8.83. The third-order valence-electron chi connectivity index (χ3n) is 6.99. The predicted molar refractivity (Wildman–Crippen MR) is 131 cm³/mol. The second-order valence-electron chi connectivity index (χ2n) is 9.62. The van der Waals surface area contributed by atoms with E-state index in [0.717, 1.165) is 42.6 Å². The SMILES string of the molecule is O=C(NC(CC1CCCCC1)C(=O)N[C@H]1CCCN(S(=O)(=O)c2cccc[n+]2[O-])CC1=O)c1ccco1. The highest BCUT2D eigenvalue weighted by molar-refractivity contribution is 7.89. The average Bonchev–Trinajstić information content (AvgIpc) is 3.36. The van der Waals surface area contributed by atoms with E-state index in [0.29, 0.717) is 12.8 Å². The molecule has 2 fully saturated rings. The number of pyridine rings is 1. The molecule has 2 aromatic heterocycles. The molecular weight excluding hydrogens is 500 g/mol. The fraction of sp³-hybridized carbons (Fsp3) is 0.520. The van der Waals surface area contributed by atoms with Crippen molar-refractivity contribution in [3.05, 3.63) is 53.8 Å². The van der Waals surface area contributed by atoms with Crippen LogP contribution >= 0.6 is 0 Å². The number of carbonyl (C=O) groups is 3. The van der Waals surface area contributed by atoms with Crippen molar-refractivity contribution < 1.29 is 31.9 Å². The van der Waals surface area contributed by atoms with Gasteiger partial charge in [0.05, 0.1) is 18.8 Å². The second kappa shape index (κ2) is 11.9. The fourth-order valence-corrected chi connectivity index (χ4v) is 6.47. The zero-order valence-corrected chi connectivity index (χ0v) is 21.3. The Labute approximate surface area is 215 Å². The summed E-state index contributed by atoms with van der Waals surface area (Å²) in [6.45, 7) is -0.426. The number of amides is 2. The van der Waals surface area contributed by atoms with Crippen LogP contribution in [0.1, 0.15) is 61.9 Å². The molecule has 2 amide bonds. The summed E-state index contributed by atoms with van der Waals surface area (Å²) in [5, 5.41) is 17.1. The van der Waals surface area contributed by atoms with E-state index < -0.39 is 51.3 Å². The summed E-state index contributed by atoms with van der Waals surface area (Å²) in [5.74, 6) is -1.11. The molecule has 200 valence electrons. The number of hydrogen-bond acceptors (Lipinski definition) is 7. The normalized spacial score (nSPS) is 20.6. The smallest absolute Gasteiger partial charge is 0.323 e. The molecular formula is C25H32N4O7S. The number of Topliss-reactive ketones (excluding diaryl/α,β-unsaturated/α-hetero) is 1. The number of nitrogens with one attached hydrogen (secondary N) is 2. The minimum atomic E-state index is -4.19. The van der Waals surface area contributed by atoms with Crippen LogP contribution in [0.25, 0.3) is 0 Å². The minimum absolute atomic E-state index is 0.0378. The molecule has 0 spiro atoms. The van der Waals surface area contributed by atoms with Crippen LogP contribution in [-0.2, 0) is 19.6 Å². The zero-order valence-electron chi connectivity index (χ0n) is 20.5. The van der Waals surface area contributed by atoms with E-state index >= 15 is 0 Å². The maximum Gasteiger partial charge on any atom is 0.323 e. The van der Waals surface area contributed by atoms with Crippen LogP contribution in [0.4, 0.5) is 0 Å². The van der Waals surface area contributed by atoms with Crippen molar-refractivity contribution in [2.45, 2.75) is 68.5 Å². The Hall–Kier alpha value is -3.25. The summed E-state index contributed by atoms with van der Waals surface area (Å²) >= 11 is 0. The standard InChI is InChI=1S/C25H32N4O7S/c30-21-17-28(37(34,35)23-12-4-5-14-29(23)33)13-6-10-19(21)26-24(31)20(16-18-8-2-1-3-9-18)27-25(32)22-11-7-15-36-22/h4-5,7,11-12,14-15,18-20H,1-3,6,8-10,13,16-17H2,(H,26,31)(H,27,32)/t19-,20?/m0/s1. The molecule has 2 atom stereocenters. The van der Waals surface area contributed by atoms with Crippen LogP contribution in [0, 0.1) is 11.1 Å². The van der Waals surface area contributed by atoms with Gasteiger partial charge in [-0.05, 0) is 43.4 Å². The molecule has 2 aromatic rings. The average molecular weight is 533 g/mol. The van der Waals surface area contributed by atoms with E-state index in [4.69, 9.17) is 4.42 Å². The molecule has 2 aliphatic rings. The highest BCUT2D eigenvalue weighted by atomic mass is 32.2. The van der Waals surface area contributed by atoms with Gasteiger partial charge in [0.25, 0.3) is 5.91 Å². The van der Waals surface area contributed by atoms with Gasteiger partial charge in [-0.25, -0.2) is 8.42 Å². The maximum absolute atomic E-state index is 13.3. The molecule has 0 aromatic carbocycles. The van der Waals surface area contributed by atoms with Gasteiger partial charge >= 0.3 is 15.0 Å². The van der Waals surface area contributed by atoms with Gasteiger partial charge in [0.1, 0.15) is 6.04 Å². The van der Waals surface area contributed by atoms with Crippen molar-refractivity contribution in [2.24, 2.45) is 5.92 Å². The third kappa shape index (κ3) is 6.55. The first-order valence-corrected chi connectivity index (χ1v) is 14.1. The monoisotopic (exact) mass is 532 g/mol. The van der Waals surface area contributed by atoms with Crippen molar-refractivity contribution in [2.75, 3.05) is 13.1 Å². The fourth-order valence-electron chi connectivity index (χ4n) is 5.00. The highest BCUT2D eigenvalue weighted by Gasteiger charge is 2.37. The first kappa shape index (κ1) is 26.8. The lowest BCUT2D eigenvalue weighted by atomic mass is 9.84. The number of carbonyl (C=O) groups excluding carboxylic acids is 3. The number of ketones is 1. The number of hydrogen-bond donors (Lipinski definition) is 2. The van der Waals surface area contributed by atoms with E-state index in [-0.39, 0.29) is 29.4 Å². The minimum Gasteiger partial charge on any atom is -0.618 e. The molecule has 1 aliphatic heterocycles. The first-order valence-electron chi connectivity index (χ1n) is 12.6. The first-order chi connectivity index (χ1) is 17.8. The molecule has 0 radical (unpaired) electrons. The summed E-state index contributed by atoms with van der Waals surface area (Å²) in [7, 11) is -4.19. The number of nitrogens with zero attached hydrogens (tertiary/aromatic N) is 2. The number of rotatable bonds is 8. The molecule has 1 saturated carbocycles. The van der Waals surface area contributed by atoms with E-state index in [1.165, 1.54) is 30.5 Å². The van der Waals surface area contributed by atoms with Crippen LogP contribution in [0.15, 0.2) is 52.2 Å². The Morgan fingerprint density at radius 1 is 1.11 bits per heavy atom. The summed E-state index contributed by atoms with van der Waals surface area (Å²) in [4.78, 5) is 39.0. The summed E-state index contributed by atoms with van der Waals surface area (Å²) in [6, 6.07) is 5.37. The molecule has 1 unspecified atom stereocenters. The van der Waals surface area contributed by atoms with Crippen molar-refractivity contribution in [3.8, 4) is 0 Å². The van der Waals surface area contributed by atoms with Crippen LogP contribution in [-0.4, -0.2) is 55.5 Å². The largest absolute Gasteiger partial charge is 0.618 e. The van der Waals surface area contributed by atoms with Gasteiger partial charge in [-0.1, -0.05) is 32.1 Å². The summed E-state index contributed by atoms with van der Waals surface area (Å²) in [6.07, 6.45) is 8.68. The van der Waals surface area contributed by atoms with Gasteiger partial charge < -0.3 is 20.3 Å².